The molecule has 110 valence electrons. The molecule has 3 rings (SSSR count). The number of likely N-dealkylation sites (tertiary alicyclic amines) is 1. The van der Waals surface area contributed by atoms with Crippen molar-refractivity contribution >= 4 is 5.91 Å². The smallest absolute Gasteiger partial charge is 0.259 e. The Balaban J connectivity index is 1.90. The van der Waals surface area contributed by atoms with Crippen LogP contribution in [0.15, 0.2) is 28.8 Å². The van der Waals surface area contributed by atoms with Gasteiger partial charge in [0.05, 0.1) is 11.7 Å². The van der Waals surface area contributed by atoms with Crippen LogP contribution in [0, 0.1) is 20.8 Å². The molecule has 0 bridgehead atoms. The van der Waals surface area contributed by atoms with Crippen molar-refractivity contribution in [2.24, 2.45) is 0 Å². The summed E-state index contributed by atoms with van der Waals surface area (Å²) in [7, 11) is 0. The molecule has 1 saturated heterocycles. The molecule has 1 fully saturated rings. The SMILES string of the molecule is Cc1ccc([C@@H]2CCCN2C(=O)c2c(C)noc2C)cc1. The number of hydrogen-bond acceptors (Lipinski definition) is 3. The summed E-state index contributed by atoms with van der Waals surface area (Å²) in [4.78, 5) is 14.8. The Bertz CT molecular complexity index is 638. The van der Waals surface area contributed by atoms with E-state index in [1.165, 1.54) is 11.1 Å². The highest BCUT2D eigenvalue weighted by Gasteiger charge is 2.33. The third kappa shape index (κ3) is 2.46. The fourth-order valence-corrected chi connectivity index (χ4v) is 3.08. The van der Waals surface area contributed by atoms with Crippen LogP contribution in [0.4, 0.5) is 0 Å². The van der Waals surface area contributed by atoms with E-state index in [-0.39, 0.29) is 11.9 Å². The van der Waals surface area contributed by atoms with E-state index in [1.54, 1.807) is 6.92 Å². The highest BCUT2D eigenvalue weighted by molar-refractivity contribution is 5.96. The topological polar surface area (TPSA) is 46.3 Å². The van der Waals surface area contributed by atoms with Crippen LogP contribution < -0.4 is 0 Å². The second-order valence-corrected chi connectivity index (χ2v) is 5.77. The fourth-order valence-electron chi connectivity index (χ4n) is 3.08. The van der Waals surface area contributed by atoms with Crippen molar-refractivity contribution in [1.82, 2.24) is 10.1 Å². The molecule has 21 heavy (non-hydrogen) atoms. The molecule has 2 heterocycles. The van der Waals surface area contributed by atoms with Crippen molar-refractivity contribution < 1.29 is 9.32 Å². The van der Waals surface area contributed by atoms with Crippen LogP contribution in [0.25, 0.3) is 0 Å². The lowest BCUT2D eigenvalue weighted by atomic mass is 10.0. The van der Waals surface area contributed by atoms with E-state index >= 15 is 0 Å². The molecular formula is C17H20N2O2. The molecular weight excluding hydrogens is 264 g/mol. The molecule has 0 aliphatic carbocycles. The molecule has 4 heteroatoms. The number of benzene rings is 1. The summed E-state index contributed by atoms with van der Waals surface area (Å²) in [5, 5.41) is 3.90. The van der Waals surface area contributed by atoms with Crippen LogP contribution >= 0.6 is 0 Å². The predicted octanol–water partition coefficient (Wildman–Crippen LogP) is 3.58. The lowest BCUT2D eigenvalue weighted by Gasteiger charge is -2.25. The van der Waals surface area contributed by atoms with Crippen molar-refractivity contribution in [3.05, 3.63) is 52.4 Å². The Morgan fingerprint density at radius 3 is 2.57 bits per heavy atom. The van der Waals surface area contributed by atoms with Crippen molar-refractivity contribution in [2.45, 2.75) is 39.7 Å². The van der Waals surface area contributed by atoms with Crippen LogP contribution in [0.1, 0.15) is 51.8 Å². The summed E-state index contributed by atoms with van der Waals surface area (Å²) < 4.78 is 5.14. The molecule has 0 saturated carbocycles. The molecule has 0 N–H and O–H groups in total. The molecule has 1 aliphatic rings. The van der Waals surface area contributed by atoms with Gasteiger partial charge in [0.25, 0.3) is 5.91 Å². The van der Waals surface area contributed by atoms with Crippen molar-refractivity contribution in [2.75, 3.05) is 6.54 Å². The predicted molar refractivity (Wildman–Crippen MR) is 80.2 cm³/mol. The molecule has 1 aliphatic heterocycles. The standard InChI is InChI=1S/C17H20N2O2/c1-11-6-8-14(9-7-11)15-5-4-10-19(15)17(20)16-12(2)18-21-13(16)3/h6-9,15H,4-5,10H2,1-3H3/t15-/m0/s1. The van der Waals surface area contributed by atoms with Gasteiger partial charge in [-0.25, -0.2) is 0 Å². The molecule has 0 radical (unpaired) electrons. The number of aryl methyl sites for hydroxylation is 3. The van der Waals surface area contributed by atoms with E-state index in [2.05, 4.69) is 36.3 Å². The quantitative estimate of drug-likeness (QED) is 0.846. The van der Waals surface area contributed by atoms with Gasteiger partial charge < -0.3 is 9.42 Å². The third-order valence-corrected chi connectivity index (χ3v) is 4.22. The van der Waals surface area contributed by atoms with E-state index in [9.17, 15) is 4.79 Å². The van der Waals surface area contributed by atoms with Gasteiger partial charge in [-0.05, 0) is 39.2 Å². The number of amides is 1. The molecule has 0 spiro atoms. The Morgan fingerprint density at radius 1 is 1.24 bits per heavy atom. The maximum atomic E-state index is 12.8. The van der Waals surface area contributed by atoms with Crippen LogP contribution in [-0.2, 0) is 0 Å². The average Bonchev–Trinajstić information content (AvgIpc) is 3.07. The third-order valence-electron chi connectivity index (χ3n) is 4.22. The number of aromatic nitrogens is 1. The highest BCUT2D eigenvalue weighted by atomic mass is 16.5. The monoisotopic (exact) mass is 284 g/mol. The molecule has 0 unspecified atom stereocenters. The minimum absolute atomic E-state index is 0.0364. The van der Waals surface area contributed by atoms with Gasteiger partial charge in [-0.2, -0.15) is 0 Å². The number of rotatable bonds is 2. The van der Waals surface area contributed by atoms with Gasteiger partial charge in [0.15, 0.2) is 0 Å². The summed E-state index contributed by atoms with van der Waals surface area (Å²) >= 11 is 0. The van der Waals surface area contributed by atoms with Crippen molar-refractivity contribution in [3.63, 3.8) is 0 Å². The van der Waals surface area contributed by atoms with Gasteiger partial charge in [0, 0.05) is 6.54 Å². The highest BCUT2D eigenvalue weighted by Crippen LogP contribution is 2.34. The van der Waals surface area contributed by atoms with E-state index < -0.39 is 0 Å². The zero-order valence-corrected chi connectivity index (χ0v) is 12.7. The average molecular weight is 284 g/mol. The Hall–Kier alpha value is -2.10. The lowest BCUT2D eigenvalue weighted by Crippen LogP contribution is -2.31. The Labute approximate surface area is 124 Å². The first-order valence-corrected chi connectivity index (χ1v) is 7.38. The second kappa shape index (κ2) is 5.35. The molecule has 1 aromatic carbocycles. The van der Waals surface area contributed by atoms with Crippen LogP contribution in [0.3, 0.4) is 0 Å². The summed E-state index contributed by atoms with van der Waals surface area (Å²) in [6, 6.07) is 8.61. The number of hydrogen-bond donors (Lipinski definition) is 0. The van der Waals surface area contributed by atoms with Crippen molar-refractivity contribution in [3.8, 4) is 0 Å². The van der Waals surface area contributed by atoms with Crippen molar-refractivity contribution in [1.29, 1.82) is 0 Å². The molecule has 4 nitrogen and oxygen atoms in total. The first-order valence-electron chi connectivity index (χ1n) is 7.38. The minimum atomic E-state index is 0.0364. The molecule has 2 aromatic rings. The summed E-state index contributed by atoms with van der Waals surface area (Å²) in [5.41, 5.74) is 3.74. The maximum absolute atomic E-state index is 12.8. The van der Waals surface area contributed by atoms with Gasteiger partial charge in [-0.1, -0.05) is 35.0 Å². The first kappa shape index (κ1) is 13.9. The van der Waals surface area contributed by atoms with Crippen LogP contribution in [0.5, 0.6) is 0 Å². The molecule has 1 aromatic heterocycles. The van der Waals surface area contributed by atoms with E-state index in [4.69, 9.17) is 4.52 Å². The zero-order chi connectivity index (χ0) is 15.0. The van der Waals surface area contributed by atoms with E-state index in [0.717, 1.165) is 19.4 Å². The number of carbonyl (C=O) groups excluding carboxylic acids is 1. The summed E-state index contributed by atoms with van der Waals surface area (Å²) in [6.07, 6.45) is 2.05. The van der Waals surface area contributed by atoms with Gasteiger partial charge in [0.2, 0.25) is 0 Å². The second-order valence-electron chi connectivity index (χ2n) is 5.77. The fraction of sp³-hybridized carbons (Fsp3) is 0.412. The molecule has 1 amide bonds. The van der Waals surface area contributed by atoms with Gasteiger partial charge in [-0.15, -0.1) is 0 Å². The van der Waals surface area contributed by atoms with E-state index in [1.807, 2.05) is 11.8 Å². The number of carbonyl (C=O) groups is 1. The molecule has 1 atom stereocenters. The normalized spacial score (nSPS) is 18.2. The first-order chi connectivity index (χ1) is 10.1. The zero-order valence-electron chi connectivity index (χ0n) is 12.7. The number of nitrogens with zero attached hydrogens (tertiary/aromatic N) is 2. The van der Waals surface area contributed by atoms with Crippen LogP contribution in [0.2, 0.25) is 0 Å². The van der Waals surface area contributed by atoms with Gasteiger partial charge >= 0.3 is 0 Å². The van der Waals surface area contributed by atoms with Gasteiger partial charge in [-0.3, -0.25) is 4.79 Å². The summed E-state index contributed by atoms with van der Waals surface area (Å²) in [5.74, 6) is 0.640. The summed E-state index contributed by atoms with van der Waals surface area (Å²) in [6.45, 7) is 6.48. The minimum Gasteiger partial charge on any atom is -0.361 e. The Kier molecular flexibility index (Phi) is 3.53. The lowest BCUT2D eigenvalue weighted by molar-refractivity contribution is 0.0733. The van der Waals surface area contributed by atoms with E-state index in [0.29, 0.717) is 17.0 Å². The largest absolute Gasteiger partial charge is 0.361 e. The van der Waals surface area contributed by atoms with Gasteiger partial charge in [0.1, 0.15) is 11.3 Å². The van der Waals surface area contributed by atoms with Crippen LogP contribution in [-0.4, -0.2) is 22.5 Å². The maximum Gasteiger partial charge on any atom is 0.259 e. The Morgan fingerprint density at radius 2 is 1.95 bits per heavy atom.